The molecule has 0 aliphatic carbocycles. The van der Waals surface area contributed by atoms with Gasteiger partial charge in [-0.25, -0.2) is 0 Å². The third-order valence-electron chi connectivity index (χ3n) is 2.13. The van der Waals surface area contributed by atoms with Crippen LogP contribution in [0.2, 0.25) is 0 Å². The van der Waals surface area contributed by atoms with Gasteiger partial charge in [0.15, 0.2) is 0 Å². The summed E-state index contributed by atoms with van der Waals surface area (Å²) < 4.78 is 0. The zero-order valence-corrected chi connectivity index (χ0v) is 8.55. The van der Waals surface area contributed by atoms with E-state index in [0.717, 1.165) is 11.3 Å². The Balaban J connectivity index is 2.06. The molecule has 2 rings (SSSR count). The Morgan fingerprint density at radius 3 is 3.06 bits per heavy atom. The molecule has 0 radical (unpaired) electrons. The standard InChI is InChI=1S/C11H11N3O2/c15-11(16)6-10-5-9(13-14-10)4-8-2-1-3-12-7-8/h1-3,5,7H,4,6H2,(H,13,14)(H,15,16). The molecule has 0 unspecified atom stereocenters. The second-order valence-corrected chi connectivity index (χ2v) is 3.49. The number of rotatable bonds is 4. The molecule has 0 saturated heterocycles. The van der Waals surface area contributed by atoms with Crippen LogP contribution in [-0.2, 0) is 17.6 Å². The molecular formula is C11H11N3O2. The lowest BCUT2D eigenvalue weighted by molar-refractivity contribution is -0.136. The maximum atomic E-state index is 10.5. The zero-order chi connectivity index (χ0) is 11.4. The number of carboxylic acids is 1. The molecule has 0 fully saturated rings. The van der Waals surface area contributed by atoms with Crippen molar-refractivity contribution in [3.63, 3.8) is 0 Å². The highest BCUT2D eigenvalue weighted by molar-refractivity contribution is 5.69. The van der Waals surface area contributed by atoms with Gasteiger partial charge in [0.1, 0.15) is 0 Å². The van der Waals surface area contributed by atoms with Crippen LogP contribution in [0.1, 0.15) is 17.0 Å². The number of carbonyl (C=O) groups is 1. The zero-order valence-electron chi connectivity index (χ0n) is 8.55. The van der Waals surface area contributed by atoms with E-state index in [0.29, 0.717) is 12.1 Å². The number of aliphatic carboxylic acids is 1. The maximum absolute atomic E-state index is 10.5. The Morgan fingerprint density at radius 2 is 2.38 bits per heavy atom. The van der Waals surface area contributed by atoms with Crippen LogP contribution in [0.4, 0.5) is 0 Å². The fourth-order valence-corrected chi connectivity index (χ4v) is 1.47. The molecule has 0 aromatic carbocycles. The van der Waals surface area contributed by atoms with Crippen molar-refractivity contribution in [3.05, 3.63) is 47.5 Å². The molecule has 0 bridgehead atoms. The molecule has 2 aromatic rings. The van der Waals surface area contributed by atoms with Gasteiger partial charge >= 0.3 is 5.97 Å². The van der Waals surface area contributed by atoms with Crippen LogP contribution in [0.5, 0.6) is 0 Å². The van der Waals surface area contributed by atoms with Crippen LogP contribution < -0.4 is 0 Å². The number of H-pyrrole nitrogens is 1. The number of nitrogens with one attached hydrogen (secondary N) is 1. The van der Waals surface area contributed by atoms with Gasteiger partial charge in [0.25, 0.3) is 0 Å². The maximum Gasteiger partial charge on any atom is 0.309 e. The van der Waals surface area contributed by atoms with Gasteiger partial charge in [-0.05, 0) is 17.7 Å². The smallest absolute Gasteiger partial charge is 0.309 e. The third kappa shape index (κ3) is 2.66. The molecular weight excluding hydrogens is 206 g/mol. The molecule has 5 heteroatoms. The van der Waals surface area contributed by atoms with E-state index in [1.807, 2.05) is 12.1 Å². The fourth-order valence-electron chi connectivity index (χ4n) is 1.47. The molecule has 0 saturated carbocycles. The predicted octanol–water partition coefficient (Wildman–Crippen LogP) is 1.02. The Hall–Kier alpha value is -2.17. The van der Waals surface area contributed by atoms with Crippen molar-refractivity contribution in [2.75, 3.05) is 0 Å². The summed E-state index contributed by atoms with van der Waals surface area (Å²) in [4.78, 5) is 14.5. The van der Waals surface area contributed by atoms with Crippen molar-refractivity contribution < 1.29 is 9.90 Å². The Bertz CT molecular complexity index is 479. The Kier molecular flexibility index (Phi) is 2.95. The second-order valence-electron chi connectivity index (χ2n) is 3.49. The van der Waals surface area contributed by atoms with E-state index in [-0.39, 0.29) is 6.42 Å². The van der Waals surface area contributed by atoms with Gasteiger partial charge in [0.2, 0.25) is 0 Å². The van der Waals surface area contributed by atoms with Crippen molar-refractivity contribution in [3.8, 4) is 0 Å². The first kappa shape index (κ1) is 10.4. The second kappa shape index (κ2) is 4.57. The monoisotopic (exact) mass is 217 g/mol. The molecule has 0 spiro atoms. The highest BCUT2D eigenvalue weighted by atomic mass is 16.4. The van der Waals surface area contributed by atoms with Gasteiger partial charge in [-0.3, -0.25) is 14.9 Å². The summed E-state index contributed by atoms with van der Waals surface area (Å²) >= 11 is 0. The molecule has 0 aliphatic rings. The summed E-state index contributed by atoms with van der Waals surface area (Å²) in [6.45, 7) is 0. The van der Waals surface area contributed by atoms with Crippen LogP contribution in [-0.4, -0.2) is 26.3 Å². The van der Waals surface area contributed by atoms with Gasteiger partial charge in [0.05, 0.1) is 12.1 Å². The van der Waals surface area contributed by atoms with Crippen LogP contribution >= 0.6 is 0 Å². The minimum Gasteiger partial charge on any atom is -0.481 e. The molecule has 16 heavy (non-hydrogen) atoms. The van der Waals surface area contributed by atoms with E-state index in [9.17, 15) is 4.79 Å². The molecule has 2 aromatic heterocycles. The van der Waals surface area contributed by atoms with Crippen LogP contribution in [0, 0.1) is 0 Å². The molecule has 82 valence electrons. The number of carboxylic acid groups (broad SMARTS) is 1. The summed E-state index contributed by atoms with van der Waals surface area (Å²) in [6, 6.07) is 5.59. The molecule has 0 amide bonds. The topological polar surface area (TPSA) is 78.9 Å². The molecule has 2 N–H and O–H groups in total. The highest BCUT2D eigenvalue weighted by Gasteiger charge is 2.05. The van der Waals surface area contributed by atoms with E-state index in [2.05, 4.69) is 15.2 Å². The first-order valence-corrected chi connectivity index (χ1v) is 4.88. The van der Waals surface area contributed by atoms with E-state index in [1.54, 1.807) is 18.5 Å². The largest absolute Gasteiger partial charge is 0.481 e. The quantitative estimate of drug-likeness (QED) is 0.801. The predicted molar refractivity (Wildman–Crippen MR) is 57.0 cm³/mol. The number of aromatic amines is 1. The van der Waals surface area contributed by atoms with Gasteiger partial charge in [0, 0.05) is 24.5 Å². The SMILES string of the molecule is O=C(O)Cc1cc(Cc2cccnc2)[nH]n1. The average molecular weight is 217 g/mol. The summed E-state index contributed by atoms with van der Waals surface area (Å²) in [5.41, 5.74) is 2.50. The number of hydrogen-bond acceptors (Lipinski definition) is 3. The summed E-state index contributed by atoms with van der Waals surface area (Å²) in [5.74, 6) is -0.876. The number of pyridine rings is 1. The van der Waals surface area contributed by atoms with Gasteiger partial charge < -0.3 is 5.11 Å². The van der Waals surface area contributed by atoms with E-state index in [1.165, 1.54) is 0 Å². The van der Waals surface area contributed by atoms with Crippen LogP contribution in [0.3, 0.4) is 0 Å². The Morgan fingerprint density at radius 1 is 1.50 bits per heavy atom. The normalized spacial score (nSPS) is 10.2. The lowest BCUT2D eigenvalue weighted by Gasteiger charge is -1.95. The first-order valence-electron chi connectivity index (χ1n) is 4.88. The summed E-state index contributed by atoms with van der Waals surface area (Å²) in [5, 5.41) is 15.3. The third-order valence-corrected chi connectivity index (χ3v) is 2.13. The molecule has 2 heterocycles. The lowest BCUT2D eigenvalue weighted by Crippen LogP contribution is -1.99. The summed E-state index contributed by atoms with van der Waals surface area (Å²) in [6.07, 6.45) is 4.12. The number of aromatic nitrogens is 3. The average Bonchev–Trinajstić information content (AvgIpc) is 2.66. The van der Waals surface area contributed by atoms with E-state index < -0.39 is 5.97 Å². The van der Waals surface area contributed by atoms with Crippen molar-refractivity contribution in [2.45, 2.75) is 12.8 Å². The highest BCUT2D eigenvalue weighted by Crippen LogP contribution is 2.07. The summed E-state index contributed by atoms with van der Waals surface area (Å²) in [7, 11) is 0. The van der Waals surface area contributed by atoms with Crippen molar-refractivity contribution in [1.29, 1.82) is 0 Å². The van der Waals surface area contributed by atoms with Crippen LogP contribution in [0.15, 0.2) is 30.6 Å². The number of hydrogen-bond donors (Lipinski definition) is 2. The lowest BCUT2D eigenvalue weighted by atomic mass is 10.1. The van der Waals surface area contributed by atoms with Crippen molar-refractivity contribution >= 4 is 5.97 Å². The van der Waals surface area contributed by atoms with Crippen LogP contribution in [0.25, 0.3) is 0 Å². The number of nitrogens with zero attached hydrogens (tertiary/aromatic N) is 2. The molecule has 0 aliphatic heterocycles. The fraction of sp³-hybridized carbons (Fsp3) is 0.182. The Labute approximate surface area is 92.2 Å². The minimum absolute atomic E-state index is 0.0520. The van der Waals surface area contributed by atoms with E-state index >= 15 is 0 Å². The first-order chi connectivity index (χ1) is 7.74. The van der Waals surface area contributed by atoms with Crippen molar-refractivity contribution in [2.24, 2.45) is 0 Å². The van der Waals surface area contributed by atoms with Gasteiger partial charge in [-0.2, -0.15) is 5.10 Å². The van der Waals surface area contributed by atoms with E-state index in [4.69, 9.17) is 5.11 Å². The minimum atomic E-state index is -0.876. The molecule has 5 nitrogen and oxygen atoms in total. The van der Waals surface area contributed by atoms with Gasteiger partial charge in [-0.15, -0.1) is 0 Å². The molecule has 0 atom stereocenters. The van der Waals surface area contributed by atoms with Crippen molar-refractivity contribution in [1.82, 2.24) is 15.2 Å². The van der Waals surface area contributed by atoms with Gasteiger partial charge in [-0.1, -0.05) is 6.07 Å².